The van der Waals surface area contributed by atoms with E-state index >= 15 is 0 Å². The molecule has 0 saturated carbocycles. The van der Waals surface area contributed by atoms with Crippen LogP contribution in [0.1, 0.15) is 29.3 Å². The van der Waals surface area contributed by atoms with Crippen LogP contribution in [0.4, 0.5) is 0 Å². The molecule has 0 aliphatic carbocycles. The van der Waals surface area contributed by atoms with Gasteiger partial charge in [-0.2, -0.15) is 0 Å². The fourth-order valence-electron chi connectivity index (χ4n) is 2.60. The summed E-state index contributed by atoms with van der Waals surface area (Å²) in [6.45, 7) is 2.81. The van der Waals surface area contributed by atoms with Gasteiger partial charge in [0.05, 0.1) is 12.8 Å². The van der Waals surface area contributed by atoms with E-state index in [1.54, 1.807) is 12.1 Å². The predicted molar refractivity (Wildman–Crippen MR) is 83.6 cm³/mol. The zero-order valence-corrected chi connectivity index (χ0v) is 12.3. The number of carbonyl (C=O) groups excluding carboxylic acids is 1. The van der Waals surface area contributed by atoms with Crippen LogP contribution in [0.2, 0.25) is 0 Å². The molecule has 2 N–H and O–H groups in total. The van der Waals surface area contributed by atoms with Gasteiger partial charge in [0, 0.05) is 17.4 Å². The van der Waals surface area contributed by atoms with Crippen LogP contribution < -0.4 is 5.32 Å². The third-order valence-electron chi connectivity index (χ3n) is 3.69. The largest absolute Gasteiger partial charge is 0.467 e. The average molecular weight is 298 g/mol. The first-order valence-electron chi connectivity index (χ1n) is 7.28. The molecule has 2 aromatic heterocycles. The first-order valence-corrected chi connectivity index (χ1v) is 7.28. The van der Waals surface area contributed by atoms with Gasteiger partial charge < -0.3 is 19.4 Å². The predicted octanol–water partition coefficient (Wildman–Crippen LogP) is 2.72. The van der Waals surface area contributed by atoms with Gasteiger partial charge in [0.15, 0.2) is 0 Å². The number of nitrogens with zero attached hydrogens (tertiary/aromatic N) is 1. The number of hydrogen-bond acceptors (Lipinski definition) is 3. The van der Waals surface area contributed by atoms with Gasteiger partial charge in [-0.25, -0.2) is 0 Å². The number of nitrogens with one attached hydrogen (secondary N) is 1. The van der Waals surface area contributed by atoms with Crippen molar-refractivity contribution in [3.8, 4) is 0 Å². The monoisotopic (exact) mass is 298 g/mol. The maximum atomic E-state index is 12.4. The molecule has 3 rings (SSSR count). The minimum Gasteiger partial charge on any atom is -0.467 e. The van der Waals surface area contributed by atoms with Gasteiger partial charge in [0.1, 0.15) is 17.6 Å². The number of aromatic nitrogens is 1. The minimum absolute atomic E-state index is 0.109. The molecule has 22 heavy (non-hydrogen) atoms. The third-order valence-corrected chi connectivity index (χ3v) is 3.69. The Labute approximate surface area is 128 Å². The molecule has 0 aliphatic rings. The van der Waals surface area contributed by atoms with E-state index < -0.39 is 6.10 Å². The molecule has 1 amide bonds. The lowest BCUT2D eigenvalue weighted by Gasteiger charge is -2.11. The summed E-state index contributed by atoms with van der Waals surface area (Å²) in [6, 6.07) is 13.1. The zero-order valence-electron chi connectivity index (χ0n) is 12.3. The van der Waals surface area contributed by atoms with Gasteiger partial charge >= 0.3 is 0 Å². The van der Waals surface area contributed by atoms with Crippen LogP contribution in [0, 0.1) is 0 Å². The molecule has 1 unspecified atom stereocenters. The van der Waals surface area contributed by atoms with Gasteiger partial charge in [-0.1, -0.05) is 18.2 Å². The molecular formula is C17H18N2O3. The summed E-state index contributed by atoms with van der Waals surface area (Å²) in [4.78, 5) is 12.4. The lowest BCUT2D eigenvalue weighted by molar-refractivity contribution is 0.0892. The van der Waals surface area contributed by atoms with E-state index in [9.17, 15) is 9.90 Å². The minimum atomic E-state index is -0.849. The second-order valence-electron chi connectivity index (χ2n) is 5.07. The molecule has 1 atom stereocenters. The van der Waals surface area contributed by atoms with E-state index in [1.165, 1.54) is 6.26 Å². The molecular weight excluding hydrogens is 280 g/mol. The number of para-hydroxylation sites is 1. The molecule has 3 aromatic rings. The Bertz CT molecular complexity index is 774. The highest BCUT2D eigenvalue weighted by atomic mass is 16.4. The first kappa shape index (κ1) is 14.4. The van der Waals surface area contributed by atoms with E-state index in [-0.39, 0.29) is 12.5 Å². The second-order valence-corrected chi connectivity index (χ2v) is 5.07. The van der Waals surface area contributed by atoms with Gasteiger partial charge in [-0.05, 0) is 31.2 Å². The van der Waals surface area contributed by atoms with E-state index in [2.05, 4.69) is 5.32 Å². The van der Waals surface area contributed by atoms with Crippen LogP contribution in [0.5, 0.6) is 0 Å². The Morgan fingerprint density at radius 2 is 2.14 bits per heavy atom. The fraction of sp³-hybridized carbons (Fsp3) is 0.235. The number of carbonyl (C=O) groups is 1. The number of aryl methyl sites for hydroxylation is 1. The SMILES string of the molecule is CCn1c(C(=O)NCC(O)c2ccco2)cc2ccccc21. The number of fused-ring (bicyclic) bond motifs is 1. The molecule has 0 radical (unpaired) electrons. The summed E-state index contributed by atoms with van der Waals surface area (Å²) in [5.41, 5.74) is 1.62. The van der Waals surface area contributed by atoms with Crippen LogP contribution in [-0.2, 0) is 6.54 Å². The van der Waals surface area contributed by atoms with Crippen molar-refractivity contribution in [2.45, 2.75) is 19.6 Å². The van der Waals surface area contributed by atoms with Gasteiger partial charge in [-0.3, -0.25) is 4.79 Å². The second kappa shape index (κ2) is 6.07. The van der Waals surface area contributed by atoms with E-state index in [1.807, 2.05) is 41.8 Å². The molecule has 1 aromatic carbocycles. The lowest BCUT2D eigenvalue weighted by atomic mass is 10.2. The number of amides is 1. The van der Waals surface area contributed by atoms with Crippen LogP contribution in [0.15, 0.2) is 53.1 Å². The third kappa shape index (κ3) is 2.63. The topological polar surface area (TPSA) is 67.4 Å². The highest BCUT2D eigenvalue weighted by molar-refractivity contribution is 5.98. The highest BCUT2D eigenvalue weighted by Crippen LogP contribution is 2.20. The van der Waals surface area contributed by atoms with Crippen molar-refractivity contribution in [2.75, 3.05) is 6.54 Å². The molecule has 114 valence electrons. The highest BCUT2D eigenvalue weighted by Gasteiger charge is 2.17. The van der Waals surface area contributed by atoms with Gasteiger partial charge in [0.2, 0.25) is 0 Å². The van der Waals surface area contributed by atoms with Crippen molar-refractivity contribution in [3.05, 3.63) is 60.2 Å². The zero-order chi connectivity index (χ0) is 15.5. The van der Waals surface area contributed by atoms with E-state index in [0.717, 1.165) is 10.9 Å². The number of furan rings is 1. The fourth-order valence-corrected chi connectivity index (χ4v) is 2.60. The molecule has 5 nitrogen and oxygen atoms in total. The number of aliphatic hydroxyl groups is 1. The average Bonchev–Trinajstić information content (AvgIpc) is 3.19. The number of aliphatic hydroxyl groups excluding tert-OH is 1. The normalized spacial score (nSPS) is 12.5. The van der Waals surface area contributed by atoms with Crippen LogP contribution in [-0.4, -0.2) is 22.1 Å². The molecule has 2 heterocycles. The van der Waals surface area contributed by atoms with Crippen molar-refractivity contribution < 1.29 is 14.3 Å². The smallest absolute Gasteiger partial charge is 0.268 e. The van der Waals surface area contributed by atoms with E-state index in [0.29, 0.717) is 18.0 Å². The maximum absolute atomic E-state index is 12.4. The molecule has 0 bridgehead atoms. The molecule has 0 spiro atoms. The van der Waals surface area contributed by atoms with Crippen molar-refractivity contribution in [1.82, 2.24) is 9.88 Å². The van der Waals surface area contributed by atoms with Crippen molar-refractivity contribution in [3.63, 3.8) is 0 Å². The Hall–Kier alpha value is -2.53. The standard InChI is InChI=1S/C17H18N2O3/c1-2-19-13-7-4-3-6-12(13)10-14(19)17(21)18-11-15(20)16-8-5-9-22-16/h3-10,15,20H,2,11H2,1H3,(H,18,21). The van der Waals surface area contributed by atoms with Gasteiger partial charge in [-0.15, -0.1) is 0 Å². The number of hydrogen-bond donors (Lipinski definition) is 2. The summed E-state index contributed by atoms with van der Waals surface area (Å²) in [5, 5.41) is 13.7. The summed E-state index contributed by atoms with van der Waals surface area (Å²) in [5.74, 6) is 0.236. The molecule has 0 saturated heterocycles. The van der Waals surface area contributed by atoms with Crippen LogP contribution >= 0.6 is 0 Å². The summed E-state index contributed by atoms with van der Waals surface area (Å²) >= 11 is 0. The quantitative estimate of drug-likeness (QED) is 0.761. The first-order chi connectivity index (χ1) is 10.7. The van der Waals surface area contributed by atoms with Crippen molar-refractivity contribution >= 4 is 16.8 Å². The number of benzene rings is 1. The van der Waals surface area contributed by atoms with Crippen LogP contribution in [0.25, 0.3) is 10.9 Å². The molecule has 5 heteroatoms. The van der Waals surface area contributed by atoms with E-state index in [4.69, 9.17) is 4.42 Å². The van der Waals surface area contributed by atoms with Gasteiger partial charge in [0.25, 0.3) is 5.91 Å². The Morgan fingerprint density at radius 3 is 2.86 bits per heavy atom. The lowest BCUT2D eigenvalue weighted by Crippen LogP contribution is -2.29. The Balaban J connectivity index is 1.77. The Morgan fingerprint density at radius 1 is 1.32 bits per heavy atom. The summed E-state index contributed by atoms with van der Waals surface area (Å²) in [6.07, 6.45) is 0.647. The van der Waals surface area contributed by atoms with Crippen molar-refractivity contribution in [1.29, 1.82) is 0 Å². The molecule has 0 fully saturated rings. The molecule has 0 aliphatic heterocycles. The maximum Gasteiger partial charge on any atom is 0.268 e. The Kier molecular flexibility index (Phi) is 3.98. The summed E-state index contributed by atoms with van der Waals surface area (Å²) in [7, 11) is 0. The number of rotatable bonds is 5. The summed E-state index contributed by atoms with van der Waals surface area (Å²) < 4.78 is 7.08. The van der Waals surface area contributed by atoms with Crippen molar-refractivity contribution in [2.24, 2.45) is 0 Å². The van der Waals surface area contributed by atoms with Crippen LogP contribution in [0.3, 0.4) is 0 Å².